The van der Waals surface area contributed by atoms with E-state index in [0.717, 1.165) is 21.9 Å². The van der Waals surface area contributed by atoms with Gasteiger partial charge in [0.2, 0.25) is 0 Å². The Morgan fingerprint density at radius 2 is 2.25 bits per heavy atom. The van der Waals surface area contributed by atoms with Crippen LogP contribution in [0.1, 0.15) is 23.8 Å². The molecule has 3 rings (SSSR count). The molecule has 1 aromatic carbocycles. The Labute approximate surface area is 92.1 Å². The molecule has 16 heavy (non-hydrogen) atoms. The smallest absolute Gasteiger partial charge is 0.178 e. The number of fused-ring (bicyclic) bond motifs is 3. The molecule has 2 heterocycles. The fraction of sp³-hybridized carbons (Fsp3) is 0.154. The van der Waals surface area contributed by atoms with Crippen molar-refractivity contribution in [3.63, 3.8) is 0 Å². The average Bonchev–Trinajstić information content (AvgIpc) is 2.92. The molecule has 0 unspecified atom stereocenters. The first-order chi connectivity index (χ1) is 7.79. The van der Waals surface area contributed by atoms with Gasteiger partial charge in [-0.2, -0.15) is 0 Å². The number of aromatic amines is 1. The second kappa shape index (κ2) is 3.23. The summed E-state index contributed by atoms with van der Waals surface area (Å²) in [4.78, 5) is 14.7. The van der Waals surface area contributed by atoms with E-state index in [0.29, 0.717) is 12.1 Å². The number of ketones is 1. The lowest BCUT2D eigenvalue weighted by atomic mass is 10.2. The van der Waals surface area contributed by atoms with Crippen LogP contribution in [-0.4, -0.2) is 10.8 Å². The van der Waals surface area contributed by atoms with Crippen molar-refractivity contribution in [2.45, 2.75) is 13.3 Å². The van der Waals surface area contributed by atoms with Crippen LogP contribution in [0.5, 0.6) is 0 Å². The largest absolute Gasteiger partial charge is 0.464 e. The van der Waals surface area contributed by atoms with E-state index in [1.807, 2.05) is 31.2 Å². The molecule has 3 heteroatoms. The summed E-state index contributed by atoms with van der Waals surface area (Å²) in [5, 5.41) is 2.03. The van der Waals surface area contributed by atoms with Crippen LogP contribution in [0, 0.1) is 0 Å². The lowest BCUT2D eigenvalue weighted by molar-refractivity contribution is 0.0984. The highest BCUT2D eigenvalue weighted by Crippen LogP contribution is 2.27. The summed E-state index contributed by atoms with van der Waals surface area (Å²) < 4.78 is 5.43. The Bertz CT molecular complexity index is 675. The number of nitrogens with one attached hydrogen (secondary N) is 1. The van der Waals surface area contributed by atoms with Crippen molar-refractivity contribution < 1.29 is 9.21 Å². The number of hydrogen-bond donors (Lipinski definition) is 1. The van der Waals surface area contributed by atoms with Gasteiger partial charge in [-0.25, -0.2) is 0 Å². The SMILES string of the molecule is CCC(=O)c1cc2c(ccc3ccoc32)[nH]1. The lowest BCUT2D eigenvalue weighted by Crippen LogP contribution is -1.95. The van der Waals surface area contributed by atoms with E-state index in [4.69, 9.17) is 4.42 Å². The molecule has 3 nitrogen and oxygen atoms in total. The standard InChI is InChI=1S/C13H11NO2/c1-2-12(15)11-7-9-10(14-11)4-3-8-5-6-16-13(8)9/h3-7,14H,2H2,1H3. The summed E-state index contributed by atoms with van der Waals surface area (Å²) in [6.07, 6.45) is 2.17. The van der Waals surface area contributed by atoms with Gasteiger partial charge in [-0.15, -0.1) is 0 Å². The van der Waals surface area contributed by atoms with Gasteiger partial charge in [0, 0.05) is 22.7 Å². The van der Waals surface area contributed by atoms with Crippen LogP contribution in [0.3, 0.4) is 0 Å². The highest BCUT2D eigenvalue weighted by Gasteiger charge is 2.10. The predicted molar refractivity (Wildman–Crippen MR) is 62.7 cm³/mol. The lowest BCUT2D eigenvalue weighted by Gasteiger charge is -1.90. The van der Waals surface area contributed by atoms with Crippen LogP contribution in [0.15, 0.2) is 34.9 Å². The van der Waals surface area contributed by atoms with Gasteiger partial charge in [-0.1, -0.05) is 6.92 Å². The molecule has 0 aliphatic carbocycles. The number of hydrogen-bond acceptors (Lipinski definition) is 2. The number of benzene rings is 1. The summed E-state index contributed by atoms with van der Waals surface area (Å²) >= 11 is 0. The Morgan fingerprint density at radius 3 is 3.06 bits per heavy atom. The number of rotatable bonds is 2. The molecule has 3 aromatic rings. The van der Waals surface area contributed by atoms with Crippen LogP contribution in [0.2, 0.25) is 0 Å². The summed E-state index contributed by atoms with van der Waals surface area (Å²) in [6, 6.07) is 7.74. The monoisotopic (exact) mass is 213 g/mol. The van der Waals surface area contributed by atoms with Crippen molar-refractivity contribution in [1.29, 1.82) is 0 Å². The number of furan rings is 1. The molecule has 0 amide bonds. The maximum absolute atomic E-state index is 11.6. The summed E-state index contributed by atoms with van der Waals surface area (Å²) in [7, 11) is 0. The maximum Gasteiger partial charge on any atom is 0.178 e. The minimum Gasteiger partial charge on any atom is -0.464 e. The van der Waals surface area contributed by atoms with Crippen molar-refractivity contribution in [3.8, 4) is 0 Å². The third-order valence-electron chi connectivity index (χ3n) is 2.84. The third kappa shape index (κ3) is 1.18. The van der Waals surface area contributed by atoms with E-state index in [2.05, 4.69) is 4.98 Å². The van der Waals surface area contributed by atoms with Gasteiger partial charge in [0.25, 0.3) is 0 Å². The fourth-order valence-electron chi connectivity index (χ4n) is 1.97. The van der Waals surface area contributed by atoms with Gasteiger partial charge in [0.15, 0.2) is 5.78 Å². The van der Waals surface area contributed by atoms with Crippen LogP contribution in [0.4, 0.5) is 0 Å². The Morgan fingerprint density at radius 1 is 1.38 bits per heavy atom. The van der Waals surface area contributed by atoms with E-state index in [1.54, 1.807) is 6.26 Å². The molecule has 0 bridgehead atoms. The number of Topliss-reactive ketones (excluding diaryl/α,β-unsaturated/α-hetero) is 1. The Balaban J connectivity index is 2.34. The quantitative estimate of drug-likeness (QED) is 0.662. The molecule has 0 saturated carbocycles. The molecule has 0 atom stereocenters. The highest BCUT2D eigenvalue weighted by molar-refractivity contribution is 6.07. The highest BCUT2D eigenvalue weighted by atomic mass is 16.3. The third-order valence-corrected chi connectivity index (χ3v) is 2.84. The van der Waals surface area contributed by atoms with Crippen LogP contribution in [-0.2, 0) is 0 Å². The maximum atomic E-state index is 11.6. The van der Waals surface area contributed by atoms with Gasteiger partial charge < -0.3 is 9.40 Å². The molecule has 0 fully saturated rings. The van der Waals surface area contributed by atoms with E-state index >= 15 is 0 Å². The minimum atomic E-state index is 0.121. The minimum absolute atomic E-state index is 0.121. The molecule has 80 valence electrons. The second-order valence-electron chi connectivity index (χ2n) is 3.83. The number of aromatic nitrogens is 1. The van der Waals surface area contributed by atoms with Crippen molar-refractivity contribution in [1.82, 2.24) is 4.98 Å². The number of H-pyrrole nitrogens is 1. The predicted octanol–water partition coefficient (Wildman–Crippen LogP) is 3.51. The fourth-order valence-corrected chi connectivity index (χ4v) is 1.97. The first-order valence-corrected chi connectivity index (χ1v) is 5.31. The number of carbonyl (C=O) groups excluding carboxylic acids is 1. The first kappa shape index (κ1) is 9.21. The Hall–Kier alpha value is -2.03. The first-order valence-electron chi connectivity index (χ1n) is 5.31. The molecule has 1 N–H and O–H groups in total. The molecule has 0 aliphatic heterocycles. The normalized spacial score (nSPS) is 11.3. The van der Waals surface area contributed by atoms with Gasteiger partial charge in [-0.05, 0) is 24.3 Å². The van der Waals surface area contributed by atoms with Crippen molar-refractivity contribution in [2.75, 3.05) is 0 Å². The molecular weight excluding hydrogens is 202 g/mol. The second-order valence-corrected chi connectivity index (χ2v) is 3.83. The van der Waals surface area contributed by atoms with E-state index < -0.39 is 0 Å². The topological polar surface area (TPSA) is 46.0 Å². The average molecular weight is 213 g/mol. The van der Waals surface area contributed by atoms with E-state index in [-0.39, 0.29) is 5.78 Å². The molecule has 0 aliphatic rings. The van der Waals surface area contributed by atoms with Crippen molar-refractivity contribution >= 4 is 27.7 Å². The van der Waals surface area contributed by atoms with Gasteiger partial charge in [0.1, 0.15) is 5.58 Å². The van der Waals surface area contributed by atoms with Crippen LogP contribution in [0.25, 0.3) is 21.9 Å². The molecule has 0 saturated heterocycles. The number of carbonyl (C=O) groups is 1. The zero-order valence-electron chi connectivity index (χ0n) is 8.91. The Kier molecular flexibility index (Phi) is 1.86. The van der Waals surface area contributed by atoms with E-state index in [9.17, 15) is 4.79 Å². The summed E-state index contributed by atoms with van der Waals surface area (Å²) in [5.41, 5.74) is 2.43. The van der Waals surface area contributed by atoms with Gasteiger partial charge in [0.05, 0.1) is 12.0 Å². The zero-order chi connectivity index (χ0) is 11.1. The van der Waals surface area contributed by atoms with Gasteiger partial charge >= 0.3 is 0 Å². The van der Waals surface area contributed by atoms with Gasteiger partial charge in [-0.3, -0.25) is 4.79 Å². The van der Waals surface area contributed by atoms with Crippen molar-refractivity contribution in [2.24, 2.45) is 0 Å². The van der Waals surface area contributed by atoms with Crippen LogP contribution < -0.4 is 0 Å². The van der Waals surface area contributed by atoms with E-state index in [1.165, 1.54) is 0 Å². The molecule has 0 radical (unpaired) electrons. The summed E-state index contributed by atoms with van der Waals surface area (Å²) in [5.74, 6) is 0.121. The molecule has 2 aromatic heterocycles. The molecule has 0 spiro atoms. The summed E-state index contributed by atoms with van der Waals surface area (Å²) in [6.45, 7) is 1.86. The molecular formula is C13H11NO2. The van der Waals surface area contributed by atoms with Crippen LogP contribution >= 0.6 is 0 Å². The zero-order valence-corrected chi connectivity index (χ0v) is 8.91. The van der Waals surface area contributed by atoms with Crippen molar-refractivity contribution in [3.05, 3.63) is 36.2 Å².